The van der Waals surface area contributed by atoms with Gasteiger partial charge in [-0.3, -0.25) is 0 Å². The Morgan fingerprint density at radius 2 is 2.05 bits per heavy atom. The van der Waals surface area contributed by atoms with Gasteiger partial charge in [-0.15, -0.1) is 5.10 Å². The summed E-state index contributed by atoms with van der Waals surface area (Å²) >= 11 is 0. The molecule has 0 saturated heterocycles. The summed E-state index contributed by atoms with van der Waals surface area (Å²) in [6.07, 6.45) is 0.710. The molecule has 0 radical (unpaired) electrons. The summed E-state index contributed by atoms with van der Waals surface area (Å²) in [5.74, 6) is -0.378. The van der Waals surface area contributed by atoms with Gasteiger partial charge in [-0.1, -0.05) is 12.1 Å². The van der Waals surface area contributed by atoms with Crippen molar-refractivity contribution < 1.29 is 14.6 Å². The first-order valence-corrected chi connectivity index (χ1v) is 5.94. The van der Waals surface area contributed by atoms with Crippen molar-refractivity contribution in [1.29, 1.82) is 0 Å². The standard InChI is InChI=1S/C13H15N3O3/c1-3-12-11(8-17)14-15-16(12)10-6-4-9(5-7-10)13(18)19-2/h4-7,17H,3,8H2,1-2H3. The first-order valence-electron chi connectivity index (χ1n) is 5.94. The number of methoxy groups -OCH3 is 1. The minimum atomic E-state index is -0.378. The number of carbonyl (C=O) groups excluding carboxylic acids is 1. The van der Waals surface area contributed by atoms with E-state index in [2.05, 4.69) is 15.0 Å². The van der Waals surface area contributed by atoms with E-state index >= 15 is 0 Å². The second-order valence-corrected chi connectivity index (χ2v) is 3.94. The molecule has 100 valence electrons. The van der Waals surface area contributed by atoms with E-state index in [-0.39, 0.29) is 12.6 Å². The van der Waals surface area contributed by atoms with Crippen LogP contribution in [0, 0.1) is 0 Å². The molecule has 0 bridgehead atoms. The van der Waals surface area contributed by atoms with Gasteiger partial charge in [0, 0.05) is 0 Å². The lowest BCUT2D eigenvalue weighted by atomic mass is 10.2. The van der Waals surface area contributed by atoms with Crippen LogP contribution in [-0.2, 0) is 17.8 Å². The number of benzene rings is 1. The number of carbonyl (C=O) groups is 1. The predicted octanol–water partition coefficient (Wildman–Crippen LogP) is 1.11. The highest BCUT2D eigenvalue weighted by atomic mass is 16.5. The van der Waals surface area contributed by atoms with Gasteiger partial charge in [-0.05, 0) is 30.7 Å². The molecule has 19 heavy (non-hydrogen) atoms. The van der Waals surface area contributed by atoms with Gasteiger partial charge >= 0.3 is 5.97 Å². The molecule has 0 fully saturated rings. The molecule has 1 aromatic carbocycles. The SMILES string of the molecule is CCc1c(CO)nnn1-c1ccc(C(=O)OC)cc1. The molecule has 1 heterocycles. The number of aromatic nitrogens is 3. The van der Waals surface area contributed by atoms with Gasteiger partial charge in [0.05, 0.1) is 30.7 Å². The maximum atomic E-state index is 11.3. The van der Waals surface area contributed by atoms with Crippen LogP contribution >= 0.6 is 0 Å². The molecule has 0 saturated carbocycles. The predicted molar refractivity (Wildman–Crippen MR) is 68.0 cm³/mol. The third kappa shape index (κ3) is 2.48. The molecular formula is C13H15N3O3. The van der Waals surface area contributed by atoms with Gasteiger partial charge in [0.1, 0.15) is 5.69 Å². The van der Waals surface area contributed by atoms with E-state index in [9.17, 15) is 9.90 Å². The highest BCUT2D eigenvalue weighted by Gasteiger charge is 2.12. The summed E-state index contributed by atoms with van der Waals surface area (Å²) in [6, 6.07) is 6.87. The number of rotatable bonds is 4. The minimum Gasteiger partial charge on any atom is -0.465 e. The molecule has 0 aliphatic carbocycles. The Morgan fingerprint density at radius 1 is 1.37 bits per heavy atom. The number of nitrogens with zero attached hydrogens (tertiary/aromatic N) is 3. The van der Waals surface area contributed by atoms with E-state index in [1.807, 2.05) is 6.92 Å². The number of aliphatic hydroxyl groups is 1. The van der Waals surface area contributed by atoms with Crippen LogP contribution in [0.5, 0.6) is 0 Å². The topological polar surface area (TPSA) is 77.2 Å². The van der Waals surface area contributed by atoms with Crippen molar-refractivity contribution in [3.63, 3.8) is 0 Å². The molecule has 0 aliphatic heterocycles. The van der Waals surface area contributed by atoms with E-state index in [4.69, 9.17) is 0 Å². The molecule has 0 atom stereocenters. The van der Waals surface area contributed by atoms with Gasteiger partial charge in [0.2, 0.25) is 0 Å². The van der Waals surface area contributed by atoms with Crippen molar-refractivity contribution in [2.45, 2.75) is 20.0 Å². The van der Waals surface area contributed by atoms with Crippen LogP contribution in [0.2, 0.25) is 0 Å². The van der Waals surface area contributed by atoms with Crippen molar-refractivity contribution in [3.8, 4) is 5.69 Å². The summed E-state index contributed by atoms with van der Waals surface area (Å²) in [4.78, 5) is 11.3. The molecule has 0 spiro atoms. The van der Waals surface area contributed by atoms with E-state index in [0.29, 0.717) is 17.7 Å². The molecule has 6 nitrogen and oxygen atoms in total. The fraction of sp³-hybridized carbons (Fsp3) is 0.308. The zero-order valence-electron chi connectivity index (χ0n) is 10.8. The third-order valence-corrected chi connectivity index (χ3v) is 2.86. The molecule has 1 N–H and O–H groups in total. The Labute approximate surface area is 110 Å². The number of aliphatic hydroxyl groups excluding tert-OH is 1. The van der Waals surface area contributed by atoms with Crippen LogP contribution in [0.15, 0.2) is 24.3 Å². The second-order valence-electron chi connectivity index (χ2n) is 3.94. The summed E-state index contributed by atoms with van der Waals surface area (Å²) in [5, 5.41) is 17.1. The van der Waals surface area contributed by atoms with Gasteiger partial charge in [0.25, 0.3) is 0 Å². The average molecular weight is 261 g/mol. The van der Waals surface area contributed by atoms with Crippen molar-refractivity contribution in [3.05, 3.63) is 41.2 Å². The van der Waals surface area contributed by atoms with Crippen molar-refractivity contribution >= 4 is 5.97 Å². The van der Waals surface area contributed by atoms with Gasteiger partial charge in [0.15, 0.2) is 0 Å². The minimum absolute atomic E-state index is 0.135. The second kappa shape index (κ2) is 5.62. The Morgan fingerprint density at radius 3 is 2.58 bits per heavy atom. The van der Waals surface area contributed by atoms with Crippen molar-refractivity contribution in [1.82, 2.24) is 15.0 Å². The Bertz CT molecular complexity index is 575. The lowest BCUT2D eigenvalue weighted by molar-refractivity contribution is 0.0601. The Hall–Kier alpha value is -2.21. The van der Waals surface area contributed by atoms with Crippen LogP contribution in [0.4, 0.5) is 0 Å². The normalized spacial score (nSPS) is 10.5. The highest BCUT2D eigenvalue weighted by Crippen LogP contribution is 2.15. The number of hydrogen-bond donors (Lipinski definition) is 1. The van der Waals surface area contributed by atoms with Crippen LogP contribution in [0.3, 0.4) is 0 Å². The average Bonchev–Trinajstić information content (AvgIpc) is 2.89. The zero-order valence-corrected chi connectivity index (χ0v) is 10.8. The Kier molecular flexibility index (Phi) is 3.91. The molecule has 1 aromatic heterocycles. The van der Waals surface area contributed by atoms with Crippen LogP contribution in [-0.4, -0.2) is 33.2 Å². The van der Waals surface area contributed by atoms with Crippen LogP contribution in [0.1, 0.15) is 28.7 Å². The van der Waals surface area contributed by atoms with Gasteiger partial charge in [-0.25, -0.2) is 9.48 Å². The molecule has 0 unspecified atom stereocenters. The number of ether oxygens (including phenoxy) is 1. The van der Waals surface area contributed by atoms with E-state index in [0.717, 1.165) is 11.4 Å². The quantitative estimate of drug-likeness (QED) is 0.834. The number of esters is 1. The maximum Gasteiger partial charge on any atom is 0.337 e. The first-order chi connectivity index (χ1) is 9.21. The lowest BCUT2D eigenvalue weighted by Crippen LogP contribution is -2.05. The van der Waals surface area contributed by atoms with Gasteiger partial charge in [-0.2, -0.15) is 0 Å². The van der Waals surface area contributed by atoms with E-state index in [1.165, 1.54) is 7.11 Å². The summed E-state index contributed by atoms with van der Waals surface area (Å²) in [5.41, 5.74) is 2.69. The fourth-order valence-electron chi connectivity index (χ4n) is 1.87. The first kappa shape index (κ1) is 13.2. The summed E-state index contributed by atoms with van der Waals surface area (Å²) < 4.78 is 6.30. The zero-order chi connectivity index (χ0) is 13.8. The van der Waals surface area contributed by atoms with Crippen molar-refractivity contribution in [2.75, 3.05) is 7.11 Å². The molecule has 0 aliphatic rings. The van der Waals surface area contributed by atoms with Gasteiger partial charge < -0.3 is 9.84 Å². The van der Waals surface area contributed by atoms with E-state index in [1.54, 1.807) is 28.9 Å². The largest absolute Gasteiger partial charge is 0.465 e. The Balaban J connectivity index is 2.37. The molecule has 2 aromatic rings. The van der Waals surface area contributed by atoms with Crippen LogP contribution < -0.4 is 0 Å². The lowest BCUT2D eigenvalue weighted by Gasteiger charge is -2.06. The molecule has 6 heteroatoms. The molecule has 0 amide bonds. The van der Waals surface area contributed by atoms with E-state index < -0.39 is 0 Å². The summed E-state index contributed by atoms with van der Waals surface area (Å²) in [7, 11) is 1.34. The molecular weight excluding hydrogens is 246 g/mol. The van der Waals surface area contributed by atoms with Crippen LogP contribution in [0.25, 0.3) is 5.69 Å². The molecule has 2 rings (SSSR count). The monoisotopic (exact) mass is 261 g/mol. The summed E-state index contributed by atoms with van der Waals surface area (Å²) in [6.45, 7) is 1.83. The smallest absolute Gasteiger partial charge is 0.337 e. The van der Waals surface area contributed by atoms with Crippen molar-refractivity contribution in [2.24, 2.45) is 0 Å². The third-order valence-electron chi connectivity index (χ3n) is 2.86. The number of hydrogen-bond acceptors (Lipinski definition) is 5. The highest BCUT2D eigenvalue weighted by molar-refractivity contribution is 5.89. The maximum absolute atomic E-state index is 11.3. The fourth-order valence-corrected chi connectivity index (χ4v) is 1.87.